The smallest absolute Gasteiger partial charge is 0.0953 e. The Labute approximate surface area is 167 Å². The standard InChI is InChI=1S/C23H29N5/c1-6-10-27-11-9-20-13-19(7-8-22(20)27)23-14-24-15-28(23)16(2)12-21-17(3)25-26(5)18(21)4/h6-8,13-16H,1,9-12H2,2-5H3/t16-/m1/s1. The number of anilines is 1. The largest absolute Gasteiger partial charge is 0.367 e. The fourth-order valence-corrected chi connectivity index (χ4v) is 4.36. The van der Waals surface area contributed by atoms with Gasteiger partial charge in [-0.3, -0.25) is 4.68 Å². The van der Waals surface area contributed by atoms with Crippen molar-refractivity contribution in [2.75, 3.05) is 18.0 Å². The predicted octanol–water partition coefficient (Wildman–Crippen LogP) is 4.25. The van der Waals surface area contributed by atoms with Crippen LogP contribution in [0.5, 0.6) is 0 Å². The van der Waals surface area contributed by atoms with Crippen molar-refractivity contribution in [3.05, 3.63) is 65.9 Å². The molecule has 0 saturated heterocycles. The minimum absolute atomic E-state index is 0.310. The lowest BCUT2D eigenvalue weighted by molar-refractivity contribution is 0.546. The van der Waals surface area contributed by atoms with Gasteiger partial charge in [-0.1, -0.05) is 12.1 Å². The predicted molar refractivity (Wildman–Crippen MR) is 115 cm³/mol. The maximum absolute atomic E-state index is 4.57. The second kappa shape index (κ2) is 7.30. The molecule has 5 heteroatoms. The van der Waals surface area contributed by atoms with Crippen LogP contribution in [0.25, 0.3) is 11.3 Å². The van der Waals surface area contributed by atoms with Gasteiger partial charge in [0.15, 0.2) is 0 Å². The number of benzene rings is 1. The highest BCUT2D eigenvalue weighted by molar-refractivity contribution is 5.69. The van der Waals surface area contributed by atoms with Gasteiger partial charge in [-0.25, -0.2) is 4.98 Å². The van der Waals surface area contributed by atoms with Crippen molar-refractivity contribution in [2.24, 2.45) is 7.05 Å². The first-order valence-corrected chi connectivity index (χ1v) is 9.99. The van der Waals surface area contributed by atoms with Gasteiger partial charge < -0.3 is 9.47 Å². The van der Waals surface area contributed by atoms with Crippen LogP contribution in [-0.2, 0) is 19.9 Å². The number of hydrogen-bond donors (Lipinski definition) is 0. The van der Waals surface area contributed by atoms with Gasteiger partial charge in [0.25, 0.3) is 0 Å². The van der Waals surface area contributed by atoms with E-state index < -0.39 is 0 Å². The van der Waals surface area contributed by atoms with Crippen molar-refractivity contribution in [1.82, 2.24) is 19.3 Å². The lowest BCUT2D eigenvalue weighted by Gasteiger charge is -2.19. The summed E-state index contributed by atoms with van der Waals surface area (Å²) in [4.78, 5) is 6.86. The fraction of sp³-hybridized carbons (Fsp3) is 0.391. The molecule has 3 aromatic rings. The van der Waals surface area contributed by atoms with E-state index in [0.717, 1.165) is 31.6 Å². The van der Waals surface area contributed by atoms with E-state index in [1.165, 1.54) is 33.8 Å². The number of aromatic nitrogens is 4. The first-order chi connectivity index (χ1) is 13.5. The Morgan fingerprint density at radius 3 is 2.82 bits per heavy atom. The van der Waals surface area contributed by atoms with E-state index in [2.05, 4.69) is 65.1 Å². The van der Waals surface area contributed by atoms with Gasteiger partial charge in [0.2, 0.25) is 0 Å². The molecule has 0 unspecified atom stereocenters. The Hall–Kier alpha value is -2.82. The molecule has 146 valence electrons. The monoisotopic (exact) mass is 375 g/mol. The van der Waals surface area contributed by atoms with Crippen molar-refractivity contribution >= 4 is 5.69 Å². The molecule has 0 radical (unpaired) electrons. The summed E-state index contributed by atoms with van der Waals surface area (Å²) in [6, 6.07) is 7.11. The van der Waals surface area contributed by atoms with Crippen LogP contribution in [0.3, 0.4) is 0 Å². The van der Waals surface area contributed by atoms with E-state index in [1.807, 2.05) is 30.3 Å². The molecule has 1 aliphatic rings. The van der Waals surface area contributed by atoms with E-state index in [1.54, 1.807) is 0 Å². The summed E-state index contributed by atoms with van der Waals surface area (Å²) >= 11 is 0. The molecular weight excluding hydrogens is 346 g/mol. The molecule has 5 nitrogen and oxygen atoms in total. The van der Waals surface area contributed by atoms with Crippen LogP contribution in [0.15, 0.2) is 43.4 Å². The van der Waals surface area contributed by atoms with Crippen molar-refractivity contribution in [2.45, 2.75) is 39.7 Å². The van der Waals surface area contributed by atoms with Crippen LogP contribution in [0, 0.1) is 13.8 Å². The molecule has 0 saturated carbocycles. The summed E-state index contributed by atoms with van der Waals surface area (Å²) < 4.78 is 4.27. The highest BCUT2D eigenvalue weighted by Crippen LogP contribution is 2.33. The highest BCUT2D eigenvalue weighted by atomic mass is 15.3. The van der Waals surface area contributed by atoms with Crippen LogP contribution in [0.1, 0.15) is 35.5 Å². The Morgan fingerprint density at radius 2 is 2.11 bits per heavy atom. The van der Waals surface area contributed by atoms with Crippen LogP contribution < -0.4 is 4.90 Å². The van der Waals surface area contributed by atoms with Gasteiger partial charge >= 0.3 is 0 Å². The Bertz CT molecular complexity index is 1010. The molecule has 0 aliphatic carbocycles. The van der Waals surface area contributed by atoms with E-state index in [0.29, 0.717) is 6.04 Å². The lowest BCUT2D eigenvalue weighted by atomic mass is 10.0. The van der Waals surface area contributed by atoms with Crippen LogP contribution in [-0.4, -0.2) is 32.4 Å². The zero-order valence-electron chi connectivity index (χ0n) is 17.3. The van der Waals surface area contributed by atoms with Gasteiger partial charge in [-0.05, 0) is 56.9 Å². The molecule has 3 heterocycles. The summed E-state index contributed by atoms with van der Waals surface area (Å²) in [7, 11) is 2.01. The van der Waals surface area contributed by atoms with Gasteiger partial charge in [0.05, 0.1) is 23.9 Å². The summed E-state index contributed by atoms with van der Waals surface area (Å²) in [6.45, 7) is 12.4. The molecule has 1 aliphatic heterocycles. The number of imidazole rings is 1. The molecule has 2 aromatic heterocycles. The summed E-state index contributed by atoms with van der Waals surface area (Å²) in [5.74, 6) is 0. The second-order valence-corrected chi connectivity index (χ2v) is 7.84. The summed E-state index contributed by atoms with van der Waals surface area (Å²) in [5.41, 5.74) is 8.87. The summed E-state index contributed by atoms with van der Waals surface area (Å²) in [5, 5.41) is 4.57. The van der Waals surface area contributed by atoms with E-state index >= 15 is 0 Å². The zero-order valence-corrected chi connectivity index (χ0v) is 17.3. The third kappa shape index (κ3) is 3.15. The van der Waals surface area contributed by atoms with Gasteiger partial charge in [0.1, 0.15) is 0 Å². The number of fused-ring (bicyclic) bond motifs is 1. The minimum atomic E-state index is 0.310. The Kier molecular flexibility index (Phi) is 4.84. The number of nitrogens with zero attached hydrogens (tertiary/aromatic N) is 5. The van der Waals surface area contributed by atoms with Gasteiger partial charge in [-0.2, -0.15) is 5.10 Å². The SMILES string of the molecule is C=CCN1CCc2cc(-c3cncn3[C@H](C)Cc3c(C)nn(C)c3C)ccc21. The zero-order chi connectivity index (χ0) is 19.8. The minimum Gasteiger partial charge on any atom is -0.367 e. The van der Waals surface area contributed by atoms with E-state index in [4.69, 9.17) is 0 Å². The van der Waals surface area contributed by atoms with Crippen LogP contribution in [0.4, 0.5) is 5.69 Å². The third-order valence-electron chi connectivity index (χ3n) is 6.02. The Balaban J connectivity index is 1.62. The van der Waals surface area contributed by atoms with Crippen molar-refractivity contribution in [3.8, 4) is 11.3 Å². The quantitative estimate of drug-likeness (QED) is 0.605. The van der Waals surface area contributed by atoms with Crippen LogP contribution in [0.2, 0.25) is 0 Å². The molecule has 0 fully saturated rings. The maximum atomic E-state index is 4.57. The van der Waals surface area contributed by atoms with Gasteiger partial charge in [-0.15, -0.1) is 6.58 Å². The van der Waals surface area contributed by atoms with Crippen LogP contribution >= 0.6 is 0 Å². The third-order valence-corrected chi connectivity index (χ3v) is 6.02. The van der Waals surface area contributed by atoms with Gasteiger partial charge in [0, 0.05) is 43.1 Å². The second-order valence-electron chi connectivity index (χ2n) is 7.84. The first-order valence-electron chi connectivity index (χ1n) is 9.99. The number of hydrogen-bond acceptors (Lipinski definition) is 3. The molecular formula is C23H29N5. The number of rotatable bonds is 6. The molecule has 0 spiro atoms. The highest BCUT2D eigenvalue weighted by Gasteiger charge is 2.21. The normalized spacial score (nSPS) is 14.4. The molecule has 1 aromatic carbocycles. The van der Waals surface area contributed by atoms with Crippen molar-refractivity contribution in [3.63, 3.8) is 0 Å². The van der Waals surface area contributed by atoms with Crippen molar-refractivity contribution in [1.29, 1.82) is 0 Å². The summed E-state index contributed by atoms with van der Waals surface area (Å²) in [6.07, 6.45) is 7.96. The average molecular weight is 376 g/mol. The molecule has 0 N–H and O–H groups in total. The van der Waals surface area contributed by atoms with E-state index in [-0.39, 0.29) is 0 Å². The molecule has 28 heavy (non-hydrogen) atoms. The average Bonchev–Trinajstić information content (AvgIpc) is 3.37. The molecule has 4 rings (SSSR count). The fourth-order valence-electron chi connectivity index (χ4n) is 4.36. The Morgan fingerprint density at radius 1 is 1.29 bits per heavy atom. The number of aryl methyl sites for hydroxylation is 2. The van der Waals surface area contributed by atoms with E-state index in [9.17, 15) is 0 Å². The molecule has 0 bridgehead atoms. The van der Waals surface area contributed by atoms with Crippen molar-refractivity contribution < 1.29 is 0 Å². The maximum Gasteiger partial charge on any atom is 0.0953 e. The topological polar surface area (TPSA) is 38.9 Å². The lowest BCUT2D eigenvalue weighted by Crippen LogP contribution is -2.19. The first kappa shape index (κ1) is 18.5. The molecule has 1 atom stereocenters. The molecule has 0 amide bonds.